The molecule has 0 radical (unpaired) electrons. The Kier molecular flexibility index (Phi) is 9.95. The number of thiol groups is 1. The van der Waals surface area contributed by atoms with E-state index in [2.05, 4.69) is 41.5 Å². The zero-order valence-corrected chi connectivity index (χ0v) is 36.1. The number of rotatable bonds is 0. The molecule has 8 aliphatic carbocycles. The predicted octanol–water partition coefficient (Wildman–Crippen LogP) is 7.27. The molecule has 24 unspecified atom stereocenters. The van der Waals surface area contributed by atoms with Crippen LogP contribution < -0.4 is 37.2 Å². The fourth-order valence-electron chi connectivity index (χ4n) is 18.9. The third-order valence-corrected chi connectivity index (χ3v) is 22.0. The second-order valence-corrected chi connectivity index (χ2v) is 24.2. The largest absolute Gasteiger partial charge is 0.286 e. The number of nitrogens with zero attached hydrogens (tertiary/aromatic N) is 1. The fourth-order valence-corrected chi connectivity index (χ4v) is 19.4. The molecule has 57 heavy (non-hydrogen) atoms. The molecule has 0 aromatic carbocycles. The smallest absolute Gasteiger partial charge is 0.0755 e. The first-order valence-electron chi connectivity index (χ1n) is 25.9. The van der Waals surface area contributed by atoms with E-state index < -0.39 is 0 Å². The summed E-state index contributed by atoms with van der Waals surface area (Å²) < 4.78 is 2.59. The summed E-state index contributed by atoms with van der Waals surface area (Å²) in [7, 11) is 0. The molecule has 0 aromatic rings. The molecule has 5 saturated heterocycles. The van der Waals surface area contributed by atoms with Crippen molar-refractivity contribution in [2.45, 2.75) is 203 Å². The molecule has 13 aliphatic rings. The SMILES string of the molecule is SN1C2NC3NC(NC4NC(NC5NC(NC1C1CC6CCCCC6CC12)C1CC2CCCCC2CC51)C1CC2CCCCC2CC41)C1CC2CCCCC2CC31. The third kappa shape index (κ3) is 6.39. The highest BCUT2D eigenvalue weighted by Crippen LogP contribution is 2.56. The van der Waals surface area contributed by atoms with Gasteiger partial charge in [0.2, 0.25) is 0 Å². The molecule has 0 amide bonds. The molecule has 8 nitrogen and oxygen atoms in total. The molecule has 5 aliphatic heterocycles. The first kappa shape index (κ1) is 37.6. The van der Waals surface area contributed by atoms with E-state index in [1.807, 2.05) is 0 Å². The summed E-state index contributed by atoms with van der Waals surface area (Å²) in [5.41, 5.74) is 0. The highest BCUT2D eigenvalue weighted by atomic mass is 32.1. The maximum Gasteiger partial charge on any atom is 0.0755 e. The first-order chi connectivity index (χ1) is 28.1. The number of hydrogen-bond acceptors (Lipinski definition) is 9. The van der Waals surface area contributed by atoms with Crippen LogP contribution in [0, 0.1) is 94.7 Å². The van der Waals surface area contributed by atoms with Gasteiger partial charge < -0.3 is 0 Å². The van der Waals surface area contributed by atoms with Gasteiger partial charge in [-0.05, 0) is 146 Å². The average molecular weight is 801 g/mol. The van der Waals surface area contributed by atoms with Crippen LogP contribution in [0.1, 0.15) is 154 Å². The molecule has 13 rings (SSSR count). The summed E-state index contributed by atoms with van der Waals surface area (Å²) in [6.07, 6.45) is 37.9. The zero-order valence-electron chi connectivity index (χ0n) is 35.2. The highest BCUT2D eigenvalue weighted by Gasteiger charge is 2.60. The molecule has 8 saturated carbocycles. The molecule has 8 bridgehead atoms. The Labute approximate surface area is 351 Å². The van der Waals surface area contributed by atoms with Crippen LogP contribution in [-0.2, 0) is 0 Å². The zero-order chi connectivity index (χ0) is 37.4. The van der Waals surface area contributed by atoms with E-state index >= 15 is 0 Å². The number of nitrogens with one attached hydrogen (secondary N) is 7. The van der Waals surface area contributed by atoms with Gasteiger partial charge in [0.25, 0.3) is 0 Å². The molecule has 0 aromatic heterocycles. The standard InChI is InChI=1S/C48H80N8S/c57-56-47-39-23-31-15-7-8-16-32(31)24-40(39)48(56)55-46-38-22-30-14-6-4-12-28(30)20-36(38)44(53-46)51-42-34-18-26-10-2-1-9-25(26)17-33(34)41(49-42)50-43-35-19-27-11-3-5-13-29(27)21-37(35)45(52-43)54-47/h25-55,57H,1-24H2. The summed E-state index contributed by atoms with van der Waals surface area (Å²) in [5.74, 6) is 13.2. The van der Waals surface area contributed by atoms with Crippen molar-refractivity contribution < 1.29 is 0 Å². The summed E-state index contributed by atoms with van der Waals surface area (Å²) in [5, 5.41) is 31.4. The van der Waals surface area contributed by atoms with Gasteiger partial charge in [-0.25, -0.2) is 4.31 Å². The maximum absolute atomic E-state index is 5.67. The summed E-state index contributed by atoms with van der Waals surface area (Å²) in [6.45, 7) is 0. The maximum atomic E-state index is 5.67. The van der Waals surface area contributed by atoms with Gasteiger partial charge in [0.1, 0.15) is 0 Å². The first-order valence-corrected chi connectivity index (χ1v) is 26.3. The van der Waals surface area contributed by atoms with Crippen LogP contribution in [0.5, 0.6) is 0 Å². The van der Waals surface area contributed by atoms with Crippen molar-refractivity contribution in [3.8, 4) is 0 Å². The Morgan fingerprint density at radius 3 is 0.684 bits per heavy atom. The van der Waals surface area contributed by atoms with Gasteiger partial charge >= 0.3 is 0 Å². The van der Waals surface area contributed by atoms with Crippen molar-refractivity contribution in [3.63, 3.8) is 0 Å². The Bertz CT molecular complexity index is 1360. The van der Waals surface area contributed by atoms with Crippen LogP contribution >= 0.6 is 12.8 Å². The van der Waals surface area contributed by atoms with Crippen molar-refractivity contribution in [2.24, 2.45) is 94.7 Å². The summed E-state index contributed by atoms with van der Waals surface area (Å²) >= 11 is 5.67. The van der Waals surface area contributed by atoms with Crippen molar-refractivity contribution in [2.75, 3.05) is 0 Å². The van der Waals surface area contributed by atoms with Crippen LogP contribution in [0.25, 0.3) is 0 Å². The van der Waals surface area contributed by atoms with Gasteiger partial charge in [-0.3, -0.25) is 37.2 Å². The van der Waals surface area contributed by atoms with E-state index in [0.717, 1.165) is 59.2 Å². The van der Waals surface area contributed by atoms with Crippen LogP contribution in [-0.4, -0.2) is 53.6 Å². The lowest BCUT2D eigenvalue weighted by molar-refractivity contribution is 0.0496. The quantitative estimate of drug-likeness (QED) is 0.122. The lowest BCUT2D eigenvalue weighted by Crippen LogP contribution is -2.61. The monoisotopic (exact) mass is 801 g/mol. The van der Waals surface area contributed by atoms with Crippen LogP contribution in [0.15, 0.2) is 0 Å². The summed E-state index contributed by atoms with van der Waals surface area (Å²) in [4.78, 5) is 0. The van der Waals surface area contributed by atoms with E-state index in [9.17, 15) is 0 Å². The average Bonchev–Trinajstić information content (AvgIpc) is 3.94. The Morgan fingerprint density at radius 1 is 0.263 bits per heavy atom. The lowest BCUT2D eigenvalue weighted by atomic mass is 9.62. The Balaban J connectivity index is 0.872. The summed E-state index contributed by atoms with van der Waals surface area (Å²) in [6, 6.07) is 0. The number of hydrogen-bond donors (Lipinski definition) is 8. The fraction of sp³-hybridized carbons (Fsp3) is 1.00. The third-order valence-electron chi connectivity index (χ3n) is 21.5. The molecule has 0 spiro atoms. The van der Waals surface area contributed by atoms with Crippen molar-refractivity contribution in [1.29, 1.82) is 0 Å². The van der Waals surface area contributed by atoms with E-state index in [0.29, 0.717) is 84.8 Å². The van der Waals surface area contributed by atoms with Gasteiger partial charge in [0.15, 0.2) is 0 Å². The van der Waals surface area contributed by atoms with Gasteiger partial charge in [-0.1, -0.05) is 116 Å². The van der Waals surface area contributed by atoms with Crippen LogP contribution in [0.2, 0.25) is 0 Å². The molecule has 5 heterocycles. The number of fused-ring (bicyclic) bond motifs is 24. The minimum absolute atomic E-state index is 0.327. The van der Waals surface area contributed by atoms with Crippen molar-refractivity contribution in [3.05, 3.63) is 0 Å². The molecule has 13 fully saturated rings. The normalized spacial score (nSPS) is 59.5. The Morgan fingerprint density at radius 2 is 0.456 bits per heavy atom. The van der Waals surface area contributed by atoms with Crippen LogP contribution in [0.3, 0.4) is 0 Å². The topological polar surface area (TPSA) is 87.5 Å². The van der Waals surface area contributed by atoms with Gasteiger partial charge in [0, 0.05) is 0 Å². The second-order valence-electron chi connectivity index (χ2n) is 23.7. The predicted molar refractivity (Wildman–Crippen MR) is 230 cm³/mol. The van der Waals surface area contributed by atoms with Gasteiger partial charge in [-0.15, -0.1) is 0 Å². The molecular weight excluding hydrogens is 721 g/mol. The van der Waals surface area contributed by atoms with Crippen LogP contribution in [0.4, 0.5) is 0 Å². The van der Waals surface area contributed by atoms with E-state index in [-0.39, 0.29) is 0 Å². The van der Waals surface area contributed by atoms with Gasteiger partial charge in [0.05, 0.1) is 49.3 Å². The Hall–Kier alpha value is 0.0300. The van der Waals surface area contributed by atoms with E-state index in [1.54, 1.807) is 0 Å². The molecular formula is C48H80N8S. The van der Waals surface area contributed by atoms with Gasteiger partial charge in [-0.2, -0.15) is 0 Å². The molecule has 9 heteroatoms. The minimum Gasteiger partial charge on any atom is -0.286 e. The van der Waals surface area contributed by atoms with E-state index in [1.165, 1.54) is 154 Å². The molecule has 318 valence electrons. The van der Waals surface area contributed by atoms with E-state index in [4.69, 9.17) is 12.8 Å². The minimum atomic E-state index is 0.327. The highest BCUT2D eigenvalue weighted by molar-refractivity contribution is 7.77. The van der Waals surface area contributed by atoms with Crippen molar-refractivity contribution >= 4 is 12.8 Å². The lowest BCUT2D eigenvalue weighted by Gasteiger charge is -2.46. The van der Waals surface area contributed by atoms with Crippen molar-refractivity contribution in [1.82, 2.24) is 41.5 Å². The second kappa shape index (κ2) is 15.1. The molecule has 24 atom stereocenters. The molecule has 7 N–H and O–H groups in total.